The van der Waals surface area contributed by atoms with Crippen LogP contribution < -0.4 is 5.32 Å². The van der Waals surface area contributed by atoms with Crippen LogP contribution in [-0.4, -0.2) is 18.8 Å². The summed E-state index contributed by atoms with van der Waals surface area (Å²) in [4.78, 5) is 0. The second-order valence-electron chi connectivity index (χ2n) is 5.53. The Labute approximate surface area is 92.8 Å². The van der Waals surface area contributed by atoms with Gasteiger partial charge in [0.2, 0.25) is 0 Å². The molecule has 2 aliphatic rings. The monoisotopic (exact) mass is 213 g/mol. The van der Waals surface area contributed by atoms with Crippen molar-refractivity contribution in [2.75, 3.05) is 6.54 Å². The maximum absolute atomic E-state index is 14.3. The first-order valence-corrected chi connectivity index (χ1v) is 6.65. The summed E-state index contributed by atoms with van der Waals surface area (Å²) in [6, 6.07) is 0.161. The van der Waals surface area contributed by atoms with Gasteiger partial charge in [0.25, 0.3) is 0 Å². The summed E-state index contributed by atoms with van der Waals surface area (Å²) >= 11 is 0. The molecule has 2 heteroatoms. The first-order chi connectivity index (χ1) is 7.27. The van der Waals surface area contributed by atoms with E-state index in [1.165, 1.54) is 25.7 Å². The quantitative estimate of drug-likeness (QED) is 0.742. The number of nitrogens with one attached hydrogen (secondary N) is 1. The lowest BCUT2D eigenvalue weighted by Crippen LogP contribution is -2.45. The highest BCUT2D eigenvalue weighted by Crippen LogP contribution is 2.34. The van der Waals surface area contributed by atoms with E-state index < -0.39 is 6.17 Å². The van der Waals surface area contributed by atoms with Gasteiger partial charge in [-0.3, -0.25) is 0 Å². The third-order valence-corrected chi connectivity index (χ3v) is 4.16. The average Bonchev–Trinajstić information content (AvgIpc) is 2.29. The molecule has 1 aliphatic carbocycles. The summed E-state index contributed by atoms with van der Waals surface area (Å²) < 4.78 is 14.3. The van der Waals surface area contributed by atoms with Crippen LogP contribution in [0.1, 0.15) is 51.9 Å². The highest BCUT2D eigenvalue weighted by molar-refractivity contribution is 4.86. The Morgan fingerprint density at radius 3 is 2.67 bits per heavy atom. The highest BCUT2D eigenvalue weighted by Gasteiger charge is 2.32. The largest absolute Gasteiger partial charge is 0.311 e. The van der Waals surface area contributed by atoms with Crippen molar-refractivity contribution in [3.8, 4) is 0 Å². The minimum Gasteiger partial charge on any atom is -0.311 e. The van der Waals surface area contributed by atoms with Gasteiger partial charge in [0.05, 0.1) is 0 Å². The molecule has 1 aliphatic heterocycles. The lowest BCUT2D eigenvalue weighted by Gasteiger charge is -2.35. The molecular weight excluding hydrogens is 189 g/mol. The summed E-state index contributed by atoms with van der Waals surface area (Å²) in [7, 11) is 0. The molecule has 1 saturated carbocycles. The van der Waals surface area contributed by atoms with E-state index in [0.29, 0.717) is 5.92 Å². The molecule has 0 aromatic heterocycles. The predicted molar refractivity (Wildman–Crippen MR) is 61.7 cm³/mol. The molecule has 15 heavy (non-hydrogen) atoms. The van der Waals surface area contributed by atoms with E-state index in [4.69, 9.17) is 0 Å². The Morgan fingerprint density at radius 2 is 2.00 bits per heavy atom. The van der Waals surface area contributed by atoms with Crippen LogP contribution in [0.25, 0.3) is 0 Å². The van der Waals surface area contributed by atoms with Crippen LogP contribution in [0.5, 0.6) is 0 Å². The van der Waals surface area contributed by atoms with Crippen molar-refractivity contribution in [1.29, 1.82) is 0 Å². The molecule has 1 N–H and O–H groups in total. The van der Waals surface area contributed by atoms with Gasteiger partial charge in [-0.2, -0.15) is 0 Å². The fourth-order valence-corrected chi connectivity index (χ4v) is 3.25. The number of piperidine rings is 1. The van der Waals surface area contributed by atoms with E-state index in [0.717, 1.165) is 31.7 Å². The summed E-state index contributed by atoms with van der Waals surface area (Å²) in [6.45, 7) is 3.29. The zero-order valence-corrected chi connectivity index (χ0v) is 9.84. The summed E-state index contributed by atoms with van der Waals surface area (Å²) in [6.07, 6.45) is 7.66. The molecule has 0 bridgehead atoms. The Balaban J connectivity index is 1.85. The van der Waals surface area contributed by atoms with Gasteiger partial charge in [-0.05, 0) is 44.1 Å². The van der Waals surface area contributed by atoms with Crippen molar-refractivity contribution in [1.82, 2.24) is 5.32 Å². The Bertz CT molecular complexity index is 189. The zero-order valence-electron chi connectivity index (χ0n) is 9.84. The van der Waals surface area contributed by atoms with Gasteiger partial charge in [-0.15, -0.1) is 0 Å². The lowest BCUT2D eigenvalue weighted by molar-refractivity contribution is 0.106. The summed E-state index contributed by atoms with van der Waals surface area (Å²) in [5.74, 6) is 1.08. The molecular formula is C13H24FN. The standard InChI is InChI=1S/C13H24FN/c1-10-5-4-6-11(9-10)13(14)12-7-2-3-8-15-12/h10-13,15H,2-9H2,1H3. The third-order valence-electron chi connectivity index (χ3n) is 4.16. The number of hydrogen-bond donors (Lipinski definition) is 1. The fraction of sp³-hybridized carbons (Fsp3) is 1.00. The van der Waals surface area contributed by atoms with Crippen LogP contribution >= 0.6 is 0 Å². The van der Waals surface area contributed by atoms with Crippen molar-refractivity contribution in [2.45, 2.75) is 64.1 Å². The van der Waals surface area contributed by atoms with Crippen LogP contribution in [0.3, 0.4) is 0 Å². The van der Waals surface area contributed by atoms with Gasteiger partial charge >= 0.3 is 0 Å². The molecule has 0 aromatic carbocycles. The van der Waals surface area contributed by atoms with Crippen molar-refractivity contribution >= 4 is 0 Å². The molecule has 1 nitrogen and oxygen atoms in total. The molecule has 0 amide bonds. The molecule has 88 valence electrons. The molecule has 2 fully saturated rings. The molecule has 0 spiro atoms. The van der Waals surface area contributed by atoms with Gasteiger partial charge in [0, 0.05) is 6.04 Å². The topological polar surface area (TPSA) is 12.0 Å². The van der Waals surface area contributed by atoms with Crippen molar-refractivity contribution in [3.05, 3.63) is 0 Å². The Morgan fingerprint density at radius 1 is 1.13 bits per heavy atom. The fourth-order valence-electron chi connectivity index (χ4n) is 3.25. The number of rotatable bonds is 2. The van der Waals surface area contributed by atoms with Gasteiger partial charge in [0.15, 0.2) is 0 Å². The van der Waals surface area contributed by atoms with Crippen LogP contribution in [0.4, 0.5) is 4.39 Å². The molecule has 0 aromatic rings. The second kappa shape index (κ2) is 5.29. The molecule has 4 unspecified atom stereocenters. The van der Waals surface area contributed by atoms with Crippen molar-refractivity contribution in [3.63, 3.8) is 0 Å². The van der Waals surface area contributed by atoms with Gasteiger partial charge < -0.3 is 5.32 Å². The third kappa shape index (κ3) is 2.93. The molecule has 1 heterocycles. The highest BCUT2D eigenvalue weighted by atomic mass is 19.1. The van der Waals surface area contributed by atoms with E-state index in [1.54, 1.807) is 0 Å². The predicted octanol–water partition coefficient (Wildman–Crippen LogP) is 3.29. The van der Waals surface area contributed by atoms with E-state index in [-0.39, 0.29) is 6.04 Å². The molecule has 2 rings (SSSR count). The van der Waals surface area contributed by atoms with E-state index in [9.17, 15) is 4.39 Å². The minimum absolute atomic E-state index is 0.161. The van der Waals surface area contributed by atoms with Crippen LogP contribution in [-0.2, 0) is 0 Å². The Kier molecular flexibility index (Phi) is 4.01. The maximum Gasteiger partial charge on any atom is 0.118 e. The van der Waals surface area contributed by atoms with E-state index >= 15 is 0 Å². The van der Waals surface area contributed by atoms with Crippen LogP contribution in [0, 0.1) is 11.8 Å². The first-order valence-electron chi connectivity index (χ1n) is 6.65. The van der Waals surface area contributed by atoms with Crippen molar-refractivity contribution in [2.24, 2.45) is 11.8 Å². The second-order valence-corrected chi connectivity index (χ2v) is 5.53. The summed E-state index contributed by atoms with van der Waals surface area (Å²) in [5.41, 5.74) is 0. The number of alkyl halides is 1. The average molecular weight is 213 g/mol. The zero-order chi connectivity index (χ0) is 10.7. The number of halogens is 1. The molecule has 1 saturated heterocycles. The first kappa shape index (κ1) is 11.4. The Hall–Kier alpha value is -0.110. The molecule has 4 atom stereocenters. The van der Waals surface area contributed by atoms with Gasteiger partial charge in [0.1, 0.15) is 6.17 Å². The maximum atomic E-state index is 14.3. The normalized spacial score (nSPS) is 40.0. The number of hydrogen-bond acceptors (Lipinski definition) is 1. The summed E-state index contributed by atoms with van der Waals surface area (Å²) in [5, 5.41) is 3.36. The minimum atomic E-state index is -0.590. The molecule has 0 radical (unpaired) electrons. The van der Waals surface area contributed by atoms with Crippen molar-refractivity contribution < 1.29 is 4.39 Å². The van der Waals surface area contributed by atoms with Crippen LogP contribution in [0.15, 0.2) is 0 Å². The van der Waals surface area contributed by atoms with Gasteiger partial charge in [-0.1, -0.05) is 26.2 Å². The SMILES string of the molecule is CC1CCCC(C(F)C2CCCCN2)C1. The lowest BCUT2D eigenvalue weighted by atomic mass is 9.77. The smallest absolute Gasteiger partial charge is 0.118 e. The van der Waals surface area contributed by atoms with E-state index in [1.807, 2.05) is 0 Å². The van der Waals surface area contributed by atoms with E-state index in [2.05, 4.69) is 12.2 Å². The van der Waals surface area contributed by atoms with Gasteiger partial charge in [-0.25, -0.2) is 4.39 Å². The van der Waals surface area contributed by atoms with Crippen LogP contribution in [0.2, 0.25) is 0 Å².